The fourth-order valence-corrected chi connectivity index (χ4v) is 7.26. The van der Waals surface area contributed by atoms with E-state index in [4.69, 9.17) is 0 Å². The van der Waals surface area contributed by atoms with Crippen LogP contribution in [0.4, 0.5) is 0 Å². The van der Waals surface area contributed by atoms with E-state index in [9.17, 15) is 15.3 Å². The molecular formula is C42H66N8O3. The quantitative estimate of drug-likeness (QED) is 0.193. The van der Waals surface area contributed by atoms with Crippen molar-refractivity contribution in [3.8, 4) is 0 Å². The molecule has 0 spiro atoms. The molecule has 6 rings (SSSR count). The van der Waals surface area contributed by atoms with E-state index in [1.807, 2.05) is 91.0 Å². The molecule has 3 fully saturated rings. The predicted molar refractivity (Wildman–Crippen MR) is 215 cm³/mol. The Bertz CT molecular complexity index is 1360. The van der Waals surface area contributed by atoms with Gasteiger partial charge in [0.25, 0.3) is 0 Å². The summed E-state index contributed by atoms with van der Waals surface area (Å²) in [6.45, 7) is 17.6. The molecule has 3 heterocycles. The monoisotopic (exact) mass is 731 g/mol. The Kier molecular flexibility index (Phi) is 18.7. The Balaban J connectivity index is 1.36. The molecule has 0 aliphatic carbocycles. The first-order valence-electron chi connectivity index (χ1n) is 20.0. The topological polar surface area (TPSA) is 113 Å². The second kappa shape index (κ2) is 23.9. The summed E-state index contributed by atoms with van der Waals surface area (Å²) in [6.07, 6.45) is -1.70. The SMILES string of the molecule is OC(CN1CCNCCN2CCNCCNCCN(CC1)CCN(CC(O)c1ccccc1)CCN(CC(O)c1ccccc1)CC2)c1ccccc1. The molecule has 0 amide bonds. The van der Waals surface area contributed by atoms with Gasteiger partial charge in [-0.2, -0.15) is 0 Å². The third kappa shape index (κ3) is 15.5. The number of nitrogens with zero attached hydrogens (tertiary/aromatic N) is 5. The minimum atomic E-state index is -0.587. The summed E-state index contributed by atoms with van der Waals surface area (Å²) < 4.78 is 0. The van der Waals surface area contributed by atoms with Gasteiger partial charge in [0, 0.05) is 137 Å². The van der Waals surface area contributed by atoms with Crippen molar-refractivity contribution in [2.75, 3.05) is 137 Å². The summed E-state index contributed by atoms with van der Waals surface area (Å²) in [5, 5.41) is 45.0. The van der Waals surface area contributed by atoms with Crippen molar-refractivity contribution >= 4 is 0 Å². The molecule has 5 atom stereocenters. The number of benzene rings is 3. The minimum absolute atomic E-state index is 0.539. The van der Waals surface area contributed by atoms with Crippen LogP contribution in [-0.4, -0.2) is 177 Å². The molecule has 3 aromatic rings. The molecule has 292 valence electrons. The van der Waals surface area contributed by atoms with Crippen molar-refractivity contribution in [1.82, 2.24) is 40.4 Å². The summed E-state index contributed by atoms with van der Waals surface area (Å²) in [7, 11) is 0. The number of hydrogen-bond donors (Lipinski definition) is 6. The predicted octanol–water partition coefficient (Wildman–Crippen LogP) is 1.49. The number of aliphatic hydroxyl groups excluding tert-OH is 3. The maximum Gasteiger partial charge on any atom is 0.0916 e. The summed E-state index contributed by atoms with van der Waals surface area (Å²) in [6, 6.07) is 30.0. The third-order valence-corrected chi connectivity index (χ3v) is 10.7. The molecule has 6 N–H and O–H groups in total. The molecule has 53 heavy (non-hydrogen) atoms. The molecule has 2 bridgehead atoms. The van der Waals surface area contributed by atoms with Gasteiger partial charge in [0.05, 0.1) is 18.3 Å². The van der Waals surface area contributed by atoms with E-state index < -0.39 is 18.3 Å². The molecule has 0 radical (unpaired) electrons. The third-order valence-electron chi connectivity index (χ3n) is 10.7. The maximum atomic E-state index is 11.4. The van der Waals surface area contributed by atoms with Gasteiger partial charge in [0.15, 0.2) is 0 Å². The van der Waals surface area contributed by atoms with Crippen LogP contribution in [0.1, 0.15) is 35.0 Å². The standard InChI is InChI=1S/C42H66N8O3/c51-40(37-10-4-1-5-11-37)34-48-25-21-45-20-23-46-22-18-43-16-17-44-19-24-47(27-29-48)28-31-50(36-42(53)39-14-8-3-9-15-39)33-32-49(30-26-46)35-41(52)38-12-6-2-7-13-38/h1-15,40-45,51-53H,16-36H2. The van der Waals surface area contributed by atoms with Crippen molar-refractivity contribution in [3.63, 3.8) is 0 Å². The molecule has 0 saturated carbocycles. The van der Waals surface area contributed by atoms with Gasteiger partial charge in [-0.25, -0.2) is 0 Å². The van der Waals surface area contributed by atoms with Crippen LogP contribution < -0.4 is 16.0 Å². The zero-order chi connectivity index (χ0) is 36.9. The highest BCUT2D eigenvalue weighted by atomic mass is 16.3. The first kappa shape index (κ1) is 41.4. The summed E-state index contributed by atoms with van der Waals surface area (Å²) in [5.74, 6) is 0. The highest BCUT2D eigenvalue weighted by Gasteiger charge is 2.21. The lowest BCUT2D eigenvalue weighted by Crippen LogP contribution is -2.48. The second-order valence-electron chi connectivity index (χ2n) is 14.6. The van der Waals surface area contributed by atoms with E-state index in [2.05, 4.69) is 40.4 Å². The van der Waals surface area contributed by atoms with Gasteiger partial charge in [-0.1, -0.05) is 91.0 Å². The van der Waals surface area contributed by atoms with Crippen LogP contribution in [0.5, 0.6) is 0 Å². The largest absolute Gasteiger partial charge is 0.387 e. The smallest absolute Gasteiger partial charge is 0.0916 e. The van der Waals surface area contributed by atoms with Crippen molar-refractivity contribution < 1.29 is 15.3 Å². The molecule has 3 aliphatic rings. The summed E-state index contributed by atoms with van der Waals surface area (Å²) in [5.41, 5.74) is 2.83. The van der Waals surface area contributed by atoms with E-state index in [1.165, 1.54) is 0 Å². The van der Waals surface area contributed by atoms with Crippen molar-refractivity contribution in [1.29, 1.82) is 0 Å². The van der Waals surface area contributed by atoms with E-state index in [1.54, 1.807) is 0 Å². The Morgan fingerprint density at radius 1 is 0.358 bits per heavy atom. The van der Waals surface area contributed by atoms with E-state index in [0.717, 1.165) is 134 Å². The lowest BCUT2D eigenvalue weighted by atomic mass is 10.1. The zero-order valence-corrected chi connectivity index (χ0v) is 31.8. The van der Waals surface area contributed by atoms with Crippen LogP contribution in [0.3, 0.4) is 0 Å². The van der Waals surface area contributed by atoms with Crippen molar-refractivity contribution in [2.24, 2.45) is 0 Å². The Labute approximate surface area is 318 Å². The van der Waals surface area contributed by atoms with Gasteiger partial charge >= 0.3 is 0 Å². The van der Waals surface area contributed by atoms with Gasteiger partial charge in [0.2, 0.25) is 0 Å². The number of hydrogen-bond acceptors (Lipinski definition) is 11. The number of fused-ring (bicyclic) bond motifs is 21. The molecule has 5 unspecified atom stereocenters. The fourth-order valence-electron chi connectivity index (χ4n) is 7.26. The number of aliphatic hydroxyl groups is 3. The van der Waals surface area contributed by atoms with Gasteiger partial charge in [0.1, 0.15) is 0 Å². The van der Waals surface area contributed by atoms with Crippen molar-refractivity contribution in [2.45, 2.75) is 18.3 Å². The highest BCUT2D eigenvalue weighted by molar-refractivity contribution is 5.19. The molecular weight excluding hydrogens is 665 g/mol. The lowest BCUT2D eigenvalue weighted by molar-refractivity contribution is 0.0722. The normalized spacial score (nSPS) is 23.8. The maximum absolute atomic E-state index is 11.4. The highest BCUT2D eigenvalue weighted by Crippen LogP contribution is 2.17. The Morgan fingerprint density at radius 2 is 0.642 bits per heavy atom. The molecule has 3 saturated heterocycles. The Hall–Kier alpha value is -2.78. The molecule has 0 aromatic heterocycles. The van der Waals surface area contributed by atoms with Crippen LogP contribution in [0.2, 0.25) is 0 Å². The molecule has 3 aromatic carbocycles. The van der Waals surface area contributed by atoms with Crippen LogP contribution in [0.15, 0.2) is 91.0 Å². The van der Waals surface area contributed by atoms with Gasteiger partial charge in [-0.3, -0.25) is 24.5 Å². The summed E-state index contributed by atoms with van der Waals surface area (Å²) in [4.78, 5) is 12.3. The number of rotatable bonds is 9. The minimum Gasteiger partial charge on any atom is -0.387 e. The lowest BCUT2D eigenvalue weighted by Gasteiger charge is -2.34. The van der Waals surface area contributed by atoms with Gasteiger partial charge in [-0.15, -0.1) is 0 Å². The van der Waals surface area contributed by atoms with Crippen LogP contribution in [0, 0.1) is 0 Å². The Morgan fingerprint density at radius 3 is 1.02 bits per heavy atom. The van der Waals surface area contributed by atoms with E-state index in [0.29, 0.717) is 19.6 Å². The molecule has 3 aliphatic heterocycles. The van der Waals surface area contributed by atoms with E-state index >= 15 is 0 Å². The average Bonchev–Trinajstić information content (AvgIpc) is 3.19. The summed E-state index contributed by atoms with van der Waals surface area (Å²) >= 11 is 0. The first-order valence-corrected chi connectivity index (χ1v) is 20.0. The van der Waals surface area contributed by atoms with Crippen LogP contribution >= 0.6 is 0 Å². The van der Waals surface area contributed by atoms with Gasteiger partial charge < -0.3 is 31.3 Å². The van der Waals surface area contributed by atoms with Crippen molar-refractivity contribution in [3.05, 3.63) is 108 Å². The first-order chi connectivity index (χ1) is 26.0. The van der Waals surface area contributed by atoms with Crippen LogP contribution in [-0.2, 0) is 0 Å². The fraction of sp³-hybridized carbons (Fsp3) is 0.571. The van der Waals surface area contributed by atoms with Crippen LogP contribution in [0.25, 0.3) is 0 Å². The number of nitrogens with one attached hydrogen (secondary N) is 3. The van der Waals surface area contributed by atoms with E-state index in [-0.39, 0.29) is 0 Å². The average molecular weight is 731 g/mol. The zero-order valence-electron chi connectivity index (χ0n) is 31.8. The van der Waals surface area contributed by atoms with Gasteiger partial charge in [-0.05, 0) is 16.7 Å². The molecule has 11 nitrogen and oxygen atoms in total. The second-order valence-corrected chi connectivity index (χ2v) is 14.6. The molecule has 11 heteroatoms.